The SMILES string of the molecule is CC(=O)OCC(=O)C1=C(C)C[C@H]2[C@@H]3CCC4=CC(=O)C=C[C@]4(C)[C@@]3(F)C(OC(C)=O)C[C@]12C. The van der Waals surface area contributed by atoms with Crippen molar-refractivity contribution in [1.82, 2.24) is 0 Å². The number of halogens is 1. The van der Waals surface area contributed by atoms with E-state index in [1.54, 1.807) is 13.0 Å². The Morgan fingerprint density at radius 3 is 2.48 bits per heavy atom. The topological polar surface area (TPSA) is 86.7 Å². The molecule has 4 aliphatic rings. The van der Waals surface area contributed by atoms with Crippen LogP contribution in [0.4, 0.5) is 4.39 Å². The van der Waals surface area contributed by atoms with Gasteiger partial charge in [0.1, 0.15) is 6.10 Å². The van der Waals surface area contributed by atoms with Crippen molar-refractivity contribution in [1.29, 1.82) is 0 Å². The number of carbonyl (C=O) groups excluding carboxylic acids is 4. The first-order chi connectivity index (χ1) is 15.3. The van der Waals surface area contributed by atoms with Crippen molar-refractivity contribution in [3.8, 4) is 0 Å². The van der Waals surface area contributed by atoms with Crippen LogP contribution in [0.25, 0.3) is 0 Å². The summed E-state index contributed by atoms with van der Waals surface area (Å²) in [7, 11) is 0. The molecule has 178 valence electrons. The second-order valence-electron chi connectivity index (χ2n) is 10.4. The van der Waals surface area contributed by atoms with Gasteiger partial charge in [0.15, 0.2) is 23.8 Å². The Bertz CT molecular complexity index is 1040. The molecule has 4 rings (SSSR count). The van der Waals surface area contributed by atoms with E-state index in [0.717, 1.165) is 11.1 Å². The second-order valence-corrected chi connectivity index (χ2v) is 10.4. The maximum atomic E-state index is 17.6. The van der Waals surface area contributed by atoms with E-state index in [2.05, 4.69) is 0 Å². The number of hydrogen-bond donors (Lipinski definition) is 0. The van der Waals surface area contributed by atoms with E-state index in [9.17, 15) is 19.2 Å². The molecule has 2 fully saturated rings. The van der Waals surface area contributed by atoms with Gasteiger partial charge in [-0.2, -0.15) is 0 Å². The molecule has 0 bridgehead atoms. The minimum absolute atomic E-state index is 0.146. The summed E-state index contributed by atoms with van der Waals surface area (Å²) in [5.74, 6) is -2.22. The molecule has 6 nitrogen and oxygen atoms in total. The number of rotatable bonds is 4. The Morgan fingerprint density at radius 1 is 1.15 bits per heavy atom. The van der Waals surface area contributed by atoms with E-state index >= 15 is 4.39 Å². The molecule has 33 heavy (non-hydrogen) atoms. The van der Waals surface area contributed by atoms with Crippen LogP contribution < -0.4 is 0 Å². The van der Waals surface area contributed by atoms with Gasteiger partial charge in [-0.1, -0.05) is 24.1 Å². The number of Topliss-reactive ketones (excluding diaryl/α,β-unsaturated/α-hetero) is 1. The molecule has 2 saturated carbocycles. The zero-order chi connectivity index (χ0) is 24.3. The molecule has 1 unspecified atom stereocenters. The Morgan fingerprint density at radius 2 is 1.85 bits per heavy atom. The Labute approximate surface area is 193 Å². The van der Waals surface area contributed by atoms with E-state index in [0.29, 0.717) is 24.8 Å². The third kappa shape index (κ3) is 3.34. The zero-order valence-corrected chi connectivity index (χ0v) is 19.8. The first-order valence-electron chi connectivity index (χ1n) is 11.5. The minimum Gasteiger partial charge on any atom is -0.459 e. The average molecular weight is 459 g/mol. The number of alkyl halides is 1. The molecular weight excluding hydrogens is 427 g/mol. The van der Waals surface area contributed by atoms with Crippen molar-refractivity contribution in [3.05, 3.63) is 34.9 Å². The summed E-state index contributed by atoms with van der Waals surface area (Å²) in [5, 5.41) is 0. The van der Waals surface area contributed by atoms with Crippen molar-refractivity contribution in [3.63, 3.8) is 0 Å². The summed E-state index contributed by atoms with van der Waals surface area (Å²) < 4.78 is 28.2. The Kier molecular flexibility index (Phi) is 5.53. The normalized spacial score (nSPS) is 39.3. The fraction of sp³-hybridized carbons (Fsp3) is 0.615. The van der Waals surface area contributed by atoms with Gasteiger partial charge in [0.2, 0.25) is 0 Å². The standard InChI is InChI=1S/C26H31FO6/c1-14-10-20-19-7-6-17-11-18(30)8-9-25(17,5)26(19,27)22(33-16(3)29)12-24(20,4)23(14)21(31)13-32-15(2)28/h8-9,11,19-20,22H,6-7,10,12-13H2,1-5H3/t19-,20-,22?,24-,25-,26-/m0/s1. The fourth-order valence-corrected chi connectivity index (χ4v) is 7.23. The smallest absolute Gasteiger partial charge is 0.303 e. The molecule has 0 aromatic carbocycles. The Balaban J connectivity index is 1.80. The van der Waals surface area contributed by atoms with Crippen LogP contribution in [0.5, 0.6) is 0 Å². The molecule has 0 radical (unpaired) electrons. The first kappa shape index (κ1) is 23.6. The van der Waals surface area contributed by atoms with E-state index in [-0.39, 0.29) is 30.5 Å². The van der Waals surface area contributed by atoms with Crippen LogP contribution in [0, 0.1) is 22.7 Å². The molecule has 0 aromatic heterocycles. The minimum atomic E-state index is -1.92. The van der Waals surface area contributed by atoms with E-state index in [4.69, 9.17) is 9.47 Å². The maximum Gasteiger partial charge on any atom is 0.303 e. The molecule has 0 saturated heterocycles. The molecule has 0 aliphatic heterocycles. The number of fused-ring (bicyclic) bond motifs is 5. The molecule has 7 heteroatoms. The van der Waals surface area contributed by atoms with Gasteiger partial charge in [-0.05, 0) is 57.6 Å². The largest absolute Gasteiger partial charge is 0.459 e. The highest BCUT2D eigenvalue weighted by Gasteiger charge is 2.71. The summed E-state index contributed by atoms with van der Waals surface area (Å²) in [4.78, 5) is 48.5. The number of esters is 2. The van der Waals surface area contributed by atoms with Crippen molar-refractivity contribution < 1.29 is 33.0 Å². The van der Waals surface area contributed by atoms with Crippen LogP contribution in [0.2, 0.25) is 0 Å². The molecule has 0 N–H and O–H groups in total. The van der Waals surface area contributed by atoms with Crippen molar-refractivity contribution in [2.24, 2.45) is 22.7 Å². The van der Waals surface area contributed by atoms with Crippen molar-refractivity contribution in [2.75, 3.05) is 6.61 Å². The summed E-state index contributed by atoms with van der Waals surface area (Å²) in [6, 6.07) is 0. The van der Waals surface area contributed by atoms with Gasteiger partial charge in [0.25, 0.3) is 0 Å². The lowest BCUT2D eigenvalue weighted by Crippen LogP contribution is -2.67. The summed E-state index contributed by atoms with van der Waals surface area (Å²) >= 11 is 0. The molecule has 4 aliphatic carbocycles. The average Bonchev–Trinajstić information content (AvgIpc) is 2.97. The number of allylic oxidation sites excluding steroid dienone is 5. The predicted octanol–water partition coefficient (Wildman–Crippen LogP) is 3.99. The van der Waals surface area contributed by atoms with Crippen LogP contribution >= 0.6 is 0 Å². The van der Waals surface area contributed by atoms with Crippen LogP contribution in [-0.4, -0.2) is 41.9 Å². The number of ketones is 2. The van der Waals surface area contributed by atoms with Crippen molar-refractivity contribution >= 4 is 23.5 Å². The summed E-state index contributed by atoms with van der Waals surface area (Å²) in [6.07, 6.45) is 5.23. The molecule has 0 heterocycles. The summed E-state index contributed by atoms with van der Waals surface area (Å²) in [6.45, 7) is 7.76. The molecule has 0 aromatic rings. The quantitative estimate of drug-likeness (QED) is 0.592. The highest BCUT2D eigenvalue weighted by molar-refractivity contribution is 6.01. The fourth-order valence-electron chi connectivity index (χ4n) is 7.23. The lowest BCUT2D eigenvalue weighted by Gasteiger charge is -2.62. The van der Waals surface area contributed by atoms with Gasteiger partial charge in [-0.3, -0.25) is 19.2 Å². The number of hydrogen-bond acceptors (Lipinski definition) is 6. The highest BCUT2D eigenvalue weighted by atomic mass is 19.1. The number of carbonyl (C=O) groups is 4. The van der Waals surface area contributed by atoms with Gasteiger partial charge in [-0.25, -0.2) is 4.39 Å². The Hall–Kier alpha value is -2.57. The van der Waals surface area contributed by atoms with Crippen LogP contribution in [0.3, 0.4) is 0 Å². The second kappa shape index (κ2) is 7.74. The van der Waals surface area contributed by atoms with Crippen molar-refractivity contribution in [2.45, 2.75) is 72.1 Å². The van der Waals surface area contributed by atoms with E-state index < -0.39 is 40.5 Å². The van der Waals surface area contributed by atoms with Crippen LogP contribution in [-0.2, 0) is 28.7 Å². The first-order valence-corrected chi connectivity index (χ1v) is 11.5. The third-order valence-corrected chi connectivity index (χ3v) is 8.52. The van der Waals surface area contributed by atoms with Gasteiger partial charge in [0.05, 0.1) is 0 Å². The lowest BCUT2D eigenvalue weighted by molar-refractivity contribution is -0.206. The maximum absolute atomic E-state index is 17.6. The zero-order valence-electron chi connectivity index (χ0n) is 19.8. The monoisotopic (exact) mass is 458 g/mol. The van der Waals surface area contributed by atoms with Gasteiger partial charge < -0.3 is 9.47 Å². The predicted molar refractivity (Wildman–Crippen MR) is 118 cm³/mol. The van der Waals surface area contributed by atoms with Gasteiger partial charge in [-0.15, -0.1) is 0 Å². The highest BCUT2D eigenvalue weighted by Crippen LogP contribution is 2.69. The molecule has 0 amide bonds. The third-order valence-electron chi connectivity index (χ3n) is 8.52. The van der Waals surface area contributed by atoms with Gasteiger partial charge in [0, 0.05) is 36.2 Å². The van der Waals surface area contributed by atoms with E-state index in [1.807, 2.05) is 13.8 Å². The molecular formula is C26H31FO6. The molecule has 6 atom stereocenters. The van der Waals surface area contributed by atoms with Gasteiger partial charge >= 0.3 is 11.9 Å². The number of ether oxygens (including phenoxy) is 2. The summed E-state index contributed by atoms with van der Waals surface area (Å²) in [5.41, 5.74) is -1.56. The lowest BCUT2D eigenvalue weighted by atomic mass is 9.45. The molecule has 0 spiro atoms. The van der Waals surface area contributed by atoms with E-state index in [1.165, 1.54) is 26.0 Å². The van der Waals surface area contributed by atoms with Crippen LogP contribution in [0.1, 0.15) is 60.3 Å². The van der Waals surface area contributed by atoms with Crippen LogP contribution in [0.15, 0.2) is 34.9 Å².